The quantitative estimate of drug-likeness (QED) is 0.599. The maximum absolute atomic E-state index is 12.7. The third-order valence-electron chi connectivity index (χ3n) is 5.24. The first kappa shape index (κ1) is 23.1. The summed E-state index contributed by atoms with van der Waals surface area (Å²) in [4.78, 5) is 9.07. The predicted molar refractivity (Wildman–Crippen MR) is 116 cm³/mol. The normalized spacial score (nSPS) is 21.0. The average molecular weight is 461 g/mol. The molecule has 0 aromatic carbocycles. The second-order valence-corrected chi connectivity index (χ2v) is 10.9. The Labute approximate surface area is 181 Å². The summed E-state index contributed by atoms with van der Waals surface area (Å²) in [6.45, 7) is 6.57. The van der Waals surface area contributed by atoms with Crippen LogP contribution in [-0.4, -0.2) is 32.0 Å². The smallest absolute Gasteiger partial charge is 0.359 e. The van der Waals surface area contributed by atoms with Gasteiger partial charge in [0.15, 0.2) is 5.13 Å². The summed E-state index contributed by atoms with van der Waals surface area (Å²) < 4.78 is 53.1. The van der Waals surface area contributed by atoms with E-state index in [1.165, 1.54) is 23.6 Å². The van der Waals surface area contributed by atoms with Gasteiger partial charge in [0.2, 0.25) is 0 Å². The van der Waals surface area contributed by atoms with Crippen LogP contribution in [0.5, 0.6) is 0 Å². The lowest BCUT2D eigenvalue weighted by Crippen LogP contribution is -2.33. The van der Waals surface area contributed by atoms with Crippen molar-refractivity contribution in [2.45, 2.75) is 63.9 Å². The Kier molecular flexibility index (Phi) is 7.52. The summed E-state index contributed by atoms with van der Waals surface area (Å²) in [6, 6.07) is 2.73. The minimum atomic E-state index is -4.44. The monoisotopic (exact) mass is 460 g/mol. The van der Waals surface area contributed by atoms with Gasteiger partial charge in [0.1, 0.15) is 5.69 Å². The summed E-state index contributed by atoms with van der Waals surface area (Å²) in [5, 5.41) is 4.38. The topological polar surface area (TPSA) is 66.9 Å². The first-order valence-electron chi connectivity index (χ1n) is 10.0. The zero-order valence-corrected chi connectivity index (χ0v) is 18.9. The van der Waals surface area contributed by atoms with Gasteiger partial charge >= 0.3 is 6.18 Å². The largest absolute Gasteiger partial charge is 0.433 e. The maximum atomic E-state index is 12.7. The number of thiazole rings is 1. The molecular formula is C20H27F3N4OS2. The molecule has 10 heteroatoms. The second-order valence-electron chi connectivity index (χ2n) is 7.91. The van der Waals surface area contributed by atoms with E-state index in [1.807, 2.05) is 20.8 Å². The molecule has 2 aromatic heterocycles. The standard InChI is InChI=1S/C20H27F3N4OS2/c1-12(2)30(28)25-10-14-4-7-16(8-5-14)26-19-27-18(13(3)29-19)15-6-9-17(24-11-15)20(21,22)23/h6,9,11-12,14,16,25H,4-5,7-8,10H2,1-3H3,(H,26,27). The molecule has 1 aliphatic rings. The molecule has 2 heterocycles. The highest BCUT2D eigenvalue weighted by Crippen LogP contribution is 2.34. The Morgan fingerprint density at radius 1 is 1.23 bits per heavy atom. The lowest BCUT2D eigenvalue weighted by molar-refractivity contribution is -0.141. The van der Waals surface area contributed by atoms with Gasteiger partial charge in [-0.05, 0) is 64.5 Å². The Bertz CT molecular complexity index is 860. The zero-order valence-electron chi connectivity index (χ0n) is 17.3. The van der Waals surface area contributed by atoms with Crippen LogP contribution < -0.4 is 10.0 Å². The molecule has 0 saturated heterocycles. The van der Waals surface area contributed by atoms with Crippen LogP contribution in [0.2, 0.25) is 0 Å². The molecule has 30 heavy (non-hydrogen) atoms. The van der Waals surface area contributed by atoms with Gasteiger partial charge in [0.25, 0.3) is 0 Å². The molecule has 5 nitrogen and oxygen atoms in total. The van der Waals surface area contributed by atoms with Gasteiger partial charge in [-0.15, -0.1) is 11.3 Å². The second kappa shape index (κ2) is 9.74. The molecule has 0 aliphatic heterocycles. The molecule has 1 saturated carbocycles. The van der Waals surface area contributed by atoms with Crippen molar-refractivity contribution in [2.75, 3.05) is 11.9 Å². The Morgan fingerprint density at radius 3 is 2.50 bits per heavy atom. The molecule has 0 amide bonds. The van der Waals surface area contributed by atoms with Crippen LogP contribution >= 0.6 is 11.3 Å². The third-order valence-corrected chi connectivity index (χ3v) is 7.45. The molecule has 3 rings (SSSR count). The molecule has 2 aromatic rings. The molecular weight excluding hydrogens is 433 g/mol. The van der Waals surface area contributed by atoms with E-state index < -0.39 is 22.9 Å². The number of pyridine rings is 1. The van der Waals surface area contributed by atoms with Crippen molar-refractivity contribution >= 4 is 27.5 Å². The number of aromatic nitrogens is 2. The zero-order chi connectivity index (χ0) is 21.9. The number of nitrogens with one attached hydrogen (secondary N) is 2. The summed E-state index contributed by atoms with van der Waals surface area (Å²) in [7, 11) is -0.980. The molecule has 0 bridgehead atoms. The van der Waals surface area contributed by atoms with E-state index in [-0.39, 0.29) is 5.25 Å². The Balaban J connectivity index is 1.55. The summed E-state index contributed by atoms with van der Waals surface area (Å²) in [6.07, 6.45) is 0.918. The number of nitrogens with zero attached hydrogens (tertiary/aromatic N) is 2. The van der Waals surface area contributed by atoms with Crippen LogP contribution in [-0.2, 0) is 17.2 Å². The molecule has 1 fully saturated rings. The minimum absolute atomic E-state index is 0.116. The molecule has 1 unspecified atom stereocenters. The van der Waals surface area contributed by atoms with E-state index in [0.29, 0.717) is 23.2 Å². The first-order valence-corrected chi connectivity index (χ1v) is 12.1. The lowest BCUT2D eigenvalue weighted by atomic mass is 9.86. The van der Waals surface area contributed by atoms with Gasteiger partial charge in [-0.3, -0.25) is 4.98 Å². The number of alkyl halides is 3. The molecule has 1 atom stereocenters. The van der Waals surface area contributed by atoms with Crippen LogP contribution in [0.4, 0.5) is 18.3 Å². The highest BCUT2D eigenvalue weighted by molar-refractivity contribution is 7.83. The summed E-state index contributed by atoms with van der Waals surface area (Å²) in [5.41, 5.74) is 0.344. The van der Waals surface area contributed by atoms with Gasteiger partial charge < -0.3 is 5.32 Å². The molecule has 2 N–H and O–H groups in total. The Morgan fingerprint density at radius 2 is 1.93 bits per heavy atom. The minimum Gasteiger partial charge on any atom is -0.359 e. The van der Waals surface area contributed by atoms with Crippen molar-refractivity contribution in [3.05, 3.63) is 28.9 Å². The average Bonchev–Trinajstić information content (AvgIpc) is 3.06. The van der Waals surface area contributed by atoms with E-state index in [0.717, 1.165) is 48.3 Å². The van der Waals surface area contributed by atoms with Crippen LogP contribution in [0.1, 0.15) is 50.1 Å². The number of halogens is 3. The lowest BCUT2D eigenvalue weighted by Gasteiger charge is -2.29. The maximum Gasteiger partial charge on any atom is 0.433 e. The van der Waals surface area contributed by atoms with Gasteiger partial charge in [-0.1, -0.05) is 0 Å². The van der Waals surface area contributed by atoms with Crippen LogP contribution in [0.15, 0.2) is 18.3 Å². The van der Waals surface area contributed by atoms with Gasteiger partial charge in [-0.25, -0.2) is 13.9 Å². The van der Waals surface area contributed by atoms with Crippen LogP contribution in [0.25, 0.3) is 11.3 Å². The third kappa shape index (κ3) is 6.01. The summed E-state index contributed by atoms with van der Waals surface area (Å²) in [5.74, 6) is 0.526. The number of aryl methyl sites for hydroxylation is 1. The van der Waals surface area contributed by atoms with Crippen molar-refractivity contribution in [3.63, 3.8) is 0 Å². The highest BCUT2D eigenvalue weighted by atomic mass is 32.2. The van der Waals surface area contributed by atoms with E-state index in [9.17, 15) is 17.4 Å². The SMILES string of the molecule is Cc1sc(NC2CCC(CNS(=O)C(C)C)CC2)nc1-c1ccc(C(F)(F)F)nc1. The molecule has 0 radical (unpaired) electrons. The molecule has 1 aliphatic carbocycles. The van der Waals surface area contributed by atoms with Crippen molar-refractivity contribution < 1.29 is 17.4 Å². The molecule has 0 spiro atoms. The van der Waals surface area contributed by atoms with Gasteiger partial charge in [0.05, 0.1) is 16.7 Å². The van der Waals surface area contributed by atoms with Crippen LogP contribution in [0, 0.1) is 12.8 Å². The van der Waals surface area contributed by atoms with E-state index in [1.54, 1.807) is 0 Å². The van der Waals surface area contributed by atoms with Crippen LogP contribution in [0.3, 0.4) is 0 Å². The summed E-state index contributed by atoms with van der Waals surface area (Å²) >= 11 is 1.51. The highest BCUT2D eigenvalue weighted by Gasteiger charge is 2.32. The van der Waals surface area contributed by atoms with E-state index in [2.05, 4.69) is 20.0 Å². The number of hydrogen-bond acceptors (Lipinski definition) is 5. The predicted octanol–water partition coefficient (Wildman–Crippen LogP) is 5.16. The fourth-order valence-electron chi connectivity index (χ4n) is 3.48. The van der Waals surface area contributed by atoms with E-state index >= 15 is 0 Å². The van der Waals surface area contributed by atoms with E-state index in [4.69, 9.17) is 0 Å². The number of anilines is 1. The number of rotatable bonds is 7. The number of hydrogen-bond donors (Lipinski definition) is 2. The first-order chi connectivity index (χ1) is 14.1. The van der Waals surface area contributed by atoms with Crippen molar-refractivity contribution in [3.8, 4) is 11.3 Å². The molecule has 166 valence electrons. The fourth-order valence-corrected chi connectivity index (χ4v) is 5.13. The van der Waals surface area contributed by atoms with Crippen molar-refractivity contribution in [1.29, 1.82) is 0 Å². The van der Waals surface area contributed by atoms with Gasteiger partial charge in [0, 0.05) is 34.5 Å². The van der Waals surface area contributed by atoms with Gasteiger partial charge in [-0.2, -0.15) is 13.2 Å². The van der Waals surface area contributed by atoms with Crippen molar-refractivity contribution in [2.24, 2.45) is 5.92 Å². The Hall–Kier alpha value is -1.52. The fraction of sp³-hybridized carbons (Fsp3) is 0.600. The van der Waals surface area contributed by atoms with Crippen molar-refractivity contribution in [1.82, 2.24) is 14.7 Å².